The predicted molar refractivity (Wildman–Crippen MR) is 153 cm³/mol. The summed E-state index contributed by atoms with van der Waals surface area (Å²) in [5, 5.41) is 0. The Labute approximate surface area is 225 Å². The van der Waals surface area contributed by atoms with Gasteiger partial charge in [-0.25, -0.2) is 4.99 Å². The van der Waals surface area contributed by atoms with Gasteiger partial charge in [-0.2, -0.15) is 0 Å². The van der Waals surface area contributed by atoms with Gasteiger partial charge in [-0.15, -0.1) is 0 Å². The third kappa shape index (κ3) is 5.59. The van der Waals surface area contributed by atoms with E-state index in [1.54, 1.807) is 12.0 Å². The van der Waals surface area contributed by atoms with Gasteiger partial charge in [0.15, 0.2) is 5.76 Å². The van der Waals surface area contributed by atoms with Crippen LogP contribution in [0.5, 0.6) is 5.75 Å². The molecule has 0 radical (unpaired) electrons. The van der Waals surface area contributed by atoms with E-state index < -0.39 is 0 Å². The molecule has 1 saturated heterocycles. The minimum atomic E-state index is -0.134. The number of likely N-dealkylation sites (N-methyl/N-ethyl adjacent to an activating group) is 1. The van der Waals surface area contributed by atoms with Crippen LogP contribution in [0.4, 0.5) is 17.1 Å². The lowest BCUT2D eigenvalue weighted by molar-refractivity contribution is -0.122. The number of amides is 1. The molecule has 6 heteroatoms. The summed E-state index contributed by atoms with van der Waals surface area (Å²) in [7, 11) is 1.67. The topological polar surface area (TPSA) is 54.4 Å². The van der Waals surface area contributed by atoms with Crippen LogP contribution in [-0.4, -0.2) is 36.5 Å². The van der Waals surface area contributed by atoms with Crippen molar-refractivity contribution in [3.05, 3.63) is 89.7 Å². The standard InChI is InChI=1S/C32H35N3O3/c1-4-34-31(36)30(38-32(34)33-25-8-6-5-7-9-25)22-24-12-16-27(17-13-24)35(26-14-10-23(2)11-15-26)28-18-20-29(37-3)21-19-28/h10-22,25H,4-9H2,1-3H3/b30-22+,33-32?. The Kier molecular flexibility index (Phi) is 7.78. The van der Waals surface area contributed by atoms with Crippen LogP contribution >= 0.6 is 0 Å². The molecular weight excluding hydrogens is 474 g/mol. The Hall–Kier alpha value is -4.06. The highest BCUT2D eigenvalue weighted by Crippen LogP contribution is 2.36. The van der Waals surface area contributed by atoms with Gasteiger partial charge in [-0.1, -0.05) is 49.1 Å². The van der Waals surface area contributed by atoms with Gasteiger partial charge in [0.25, 0.3) is 5.91 Å². The molecule has 38 heavy (non-hydrogen) atoms. The molecule has 1 heterocycles. The summed E-state index contributed by atoms with van der Waals surface area (Å²) in [4.78, 5) is 21.7. The average Bonchev–Trinajstić information content (AvgIpc) is 3.24. The number of anilines is 3. The summed E-state index contributed by atoms with van der Waals surface area (Å²) in [5.41, 5.74) is 5.19. The monoisotopic (exact) mass is 509 g/mol. The molecule has 0 N–H and O–H groups in total. The molecule has 2 aliphatic rings. The van der Waals surface area contributed by atoms with Crippen LogP contribution in [0.3, 0.4) is 0 Å². The van der Waals surface area contributed by atoms with Gasteiger partial charge < -0.3 is 14.4 Å². The zero-order valence-electron chi connectivity index (χ0n) is 22.4. The second kappa shape index (κ2) is 11.5. The molecule has 1 aliphatic carbocycles. The molecule has 0 atom stereocenters. The molecule has 1 saturated carbocycles. The highest BCUT2D eigenvalue weighted by molar-refractivity contribution is 6.11. The summed E-state index contributed by atoms with van der Waals surface area (Å²) in [6.45, 7) is 4.57. The number of rotatable bonds is 7. The number of aliphatic imine (C=N–C) groups is 1. The van der Waals surface area contributed by atoms with Gasteiger partial charge in [0, 0.05) is 23.6 Å². The lowest BCUT2D eigenvalue weighted by Crippen LogP contribution is -2.30. The Morgan fingerprint density at radius 1 is 0.921 bits per heavy atom. The Morgan fingerprint density at radius 2 is 1.50 bits per heavy atom. The molecule has 3 aromatic carbocycles. The predicted octanol–water partition coefficient (Wildman–Crippen LogP) is 7.38. The van der Waals surface area contributed by atoms with E-state index in [-0.39, 0.29) is 11.9 Å². The third-order valence-corrected chi connectivity index (χ3v) is 7.14. The number of methoxy groups -OCH3 is 1. The van der Waals surface area contributed by atoms with E-state index in [2.05, 4.69) is 48.2 Å². The number of amidine groups is 1. The highest BCUT2D eigenvalue weighted by atomic mass is 16.5. The molecule has 196 valence electrons. The summed E-state index contributed by atoms with van der Waals surface area (Å²) >= 11 is 0. The van der Waals surface area contributed by atoms with Crippen LogP contribution < -0.4 is 9.64 Å². The van der Waals surface area contributed by atoms with E-state index in [4.69, 9.17) is 14.5 Å². The van der Waals surface area contributed by atoms with Gasteiger partial charge in [-0.05, 0) is 86.9 Å². The number of hydrogen-bond donors (Lipinski definition) is 0. The maximum absolute atomic E-state index is 13.1. The van der Waals surface area contributed by atoms with Crippen LogP contribution in [0.2, 0.25) is 0 Å². The summed E-state index contributed by atoms with van der Waals surface area (Å²) in [6, 6.07) is 25.3. The molecule has 0 spiro atoms. The van der Waals surface area contributed by atoms with E-state index in [1.807, 2.05) is 49.4 Å². The van der Waals surface area contributed by atoms with E-state index in [0.717, 1.165) is 41.2 Å². The first-order chi connectivity index (χ1) is 18.6. The fourth-order valence-electron chi connectivity index (χ4n) is 4.99. The van der Waals surface area contributed by atoms with Gasteiger partial charge in [0.1, 0.15) is 5.75 Å². The van der Waals surface area contributed by atoms with Crippen LogP contribution in [0.25, 0.3) is 6.08 Å². The normalized spacial score (nSPS) is 18.2. The smallest absolute Gasteiger partial charge is 0.300 e. The van der Waals surface area contributed by atoms with Crippen molar-refractivity contribution in [1.29, 1.82) is 0 Å². The first-order valence-electron chi connectivity index (χ1n) is 13.5. The fraction of sp³-hybridized carbons (Fsp3) is 0.312. The molecule has 2 fully saturated rings. The van der Waals surface area contributed by atoms with E-state index in [0.29, 0.717) is 18.3 Å². The van der Waals surface area contributed by atoms with Crippen molar-refractivity contribution >= 4 is 35.1 Å². The third-order valence-electron chi connectivity index (χ3n) is 7.14. The van der Waals surface area contributed by atoms with Crippen LogP contribution in [0.15, 0.2) is 83.5 Å². The summed E-state index contributed by atoms with van der Waals surface area (Å²) < 4.78 is 11.4. The van der Waals surface area contributed by atoms with Crippen LogP contribution in [0, 0.1) is 6.92 Å². The zero-order valence-corrected chi connectivity index (χ0v) is 22.4. The molecule has 5 rings (SSSR count). The number of ether oxygens (including phenoxy) is 2. The van der Waals surface area contributed by atoms with E-state index >= 15 is 0 Å². The number of hydrogen-bond acceptors (Lipinski definition) is 5. The molecule has 1 aliphatic heterocycles. The molecular formula is C32H35N3O3. The molecule has 0 bridgehead atoms. The summed E-state index contributed by atoms with van der Waals surface area (Å²) in [5.74, 6) is 0.999. The van der Waals surface area contributed by atoms with Crippen molar-refractivity contribution in [2.75, 3.05) is 18.6 Å². The van der Waals surface area contributed by atoms with Gasteiger partial charge >= 0.3 is 6.02 Å². The molecule has 0 unspecified atom stereocenters. The Bertz CT molecular complexity index is 1310. The largest absolute Gasteiger partial charge is 0.497 e. The number of aryl methyl sites for hydroxylation is 1. The first kappa shape index (κ1) is 25.6. The number of carbonyl (C=O) groups is 1. The number of carbonyl (C=O) groups excluding carboxylic acids is 1. The SMILES string of the molecule is CCN1C(=O)/C(=C\c2ccc(N(c3ccc(C)cc3)c3ccc(OC)cc3)cc2)OC1=NC1CCCCC1. The maximum Gasteiger partial charge on any atom is 0.300 e. The van der Waals surface area contributed by atoms with Crippen molar-refractivity contribution in [2.45, 2.75) is 52.0 Å². The molecule has 0 aromatic heterocycles. The second-order valence-electron chi connectivity index (χ2n) is 9.82. The van der Waals surface area contributed by atoms with E-state index in [1.165, 1.54) is 24.8 Å². The number of benzene rings is 3. The quantitative estimate of drug-likeness (QED) is 0.312. The molecule has 3 aromatic rings. The minimum absolute atomic E-state index is 0.134. The fourth-order valence-corrected chi connectivity index (χ4v) is 4.99. The van der Waals surface area contributed by atoms with Crippen LogP contribution in [0.1, 0.15) is 50.2 Å². The second-order valence-corrected chi connectivity index (χ2v) is 9.82. The summed E-state index contributed by atoms with van der Waals surface area (Å²) in [6.07, 6.45) is 7.57. The Balaban J connectivity index is 1.41. The maximum atomic E-state index is 13.1. The number of nitrogens with zero attached hydrogens (tertiary/aromatic N) is 3. The van der Waals surface area contributed by atoms with Crippen molar-refractivity contribution in [3.8, 4) is 5.75 Å². The van der Waals surface area contributed by atoms with Crippen molar-refractivity contribution in [1.82, 2.24) is 4.90 Å². The molecule has 6 nitrogen and oxygen atoms in total. The van der Waals surface area contributed by atoms with Crippen molar-refractivity contribution in [3.63, 3.8) is 0 Å². The van der Waals surface area contributed by atoms with Crippen molar-refractivity contribution < 1.29 is 14.3 Å². The van der Waals surface area contributed by atoms with Gasteiger partial charge in [0.2, 0.25) is 0 Å². The lowest BCUT2D eigenvalue weighted by atomic mass is 9.96. The van der Waals surface area contributed by atoms with Gasteiger partial charge in [0.05, 0.1) is 13.2 Å². The lowest BCUT2D eigenvalue weighted by Gasteiger charge is -2.26. The average molecular weight is 510 g/mol. The Morgan fingerprint density at radius 3 is 2.08 bits per heavy atom. The van der Waals surface area contributed by atoms with Crippen LogP contribution in [-0.2, 0) is 9.53 Å². The highest BCUT2D eigenvalue weighted by Gasteiger charge is 2.34. The van der Waals surface area contributed by atoms with Gasteiger partial charge in [-0.3, -0.25) is 9.69 Å². The van der Waals surface area contributed by atoms with Crippen molar-refractivity contribution in [2.24, 2.45) is 4.99 Å². The van der Waals surface area contributed by atoms with E-state index in [9.17, 15) is 4.79 Å². The zero-order chi connectivity index (χ0) is 26.5. The first-order valence-corrected chi connectivity index (χ1v) is 13.5. The minimum Gasteiger partial charge on any atom is -0.497 e. The molecule has 1 amide bonds.